The largest absolute Gasteiger partial charge is 0.490 e. The van der Waals surface area contributed by atoms with Gasteiger partial charge in [0.05, 0.1) is 24.5 Å². The summed E-state index contributed by atoms with van der Waals surface area (Å²) >= 11 is 7.49. The normalized spacial score (nSPS) is 12.9. The molecule has 0 aliphatic heterocycles. The van der Waals surface area contributed by atoms with Crippen LogP contribution < -0.4 is 14.8 Å². The van der Waals surface area contributed by atoms with Crippen LogP contribution in [0.4, 0.5) is 0 Å². The zero-order valence-corrected chi connectivity index (χ0v) is 18.4. The first-order valence-electron chi connectivity index (χ1n) is 9.60. The Bertz CT molecular complexity index is 767. The molecule has 152 valence electrons. The lowest BCUT2D eigenvalue weighted by Gasteiger charge is -2.20. The van der Waals surface area contributed by atoms with E-state index < -0.39 is 0 Å². The molecule has 28 heavy (non-hydrogen) atoms. The summed E-state index contributed by atoms with van der Waals surface area (Å²) in [6.07, 6.45) is 0.735. The maximum Gasteiger partial charge on any atom is 0.233 e. The number of rotatable bonds is 10. The Morgan fingerprint density at radius 2 is 1.68 bits per heavy atom. The summed E-state index contributed by atoms with van der Waals surface area (Å²) in [6, 6.07) is 13.2. The molecule has 4 nitrogen and oxygen atoms in total. The first-order valence-corrected chi connectivity index (χ1v) is 10.9. The van der Waals surface area contributed by atoms with E-state index in [1.807, 2.05) is 70.2 Å². The van der Waals surface area contributed by atoms with E-state index in [-0.39, 0.29) is 17.2 Å². The third kappa shape index (κ3) is 6.35. The Morgan fingerprint density at radius 3 is 2.29 bits per heavy atom. The van der Waals surface area contributed by atoms with E-state index >= 15 is 0 Å². The van der Waals surface area contributed by atoms with Gasteiger partial charge in [0.25, 0.3) is 0 Å². The molecule has 2 aromatic rings. The van der Waals surface area contributed by atoms with Crippen molar-refractivity contribution in [1.29, 1.82) is 0 Å². The van der Waals surface area contributed by atoms with Crippen molar-refractivity contribution in [2.24, 2.45) is 0 Å². The van der Waals surface area contributed by atoms with Gasteiger partial charge in [0.2, 0.25) is 5.91 Å². The monoisotopic (exact) mass is 421 g/mol. The van der Waals surface area contributed by atoms with Gasteiger partial charge in [-0.1, -0.05) is 24.6 Å². The van der Waals surface area contributed by atoms with Crippen molar-refractivity contribution < 1.29 is 14.3 Å². The highest BCUT2D eigenvalue weighted by Gasteiger charge is 2.21. The van der Waals surface area contributed by atoms with Gasteiger partial charge in [-0.05, 0) is 69.2 Å². The average Bonchev–Trinajstić information content (AvgIpc) is 2.69. The van der Waals surface area contributed by atoms with Crippen LogP contribution in [0.1, 0.15) is 45.7 Å². The van der Waals surface area contributed by atoms with Crippen LogP contribution in [0.25, 0.3) is 0 Å². The van der Waals surface area contributed by atoms with Crippen LogP contribution in [0.15, 0.2) is 47.4 Å². The summed E-state index contributed by atoms with van der Waals surface area (Å²) in [7, 11) is 0. The number of carbonyl (C=O) groups excluding carboxylic acids is 1. The third-order valence-corrected chi connectivity index (χ3v) is 5.81. The van der Waals surface area contributed by atoms with Gasteiger partial charge in [-0.2, -0.15) is 0 Å². The average molecular weight is 422 g/mol. The highest BCUT2D eigenvalue weighted by Crippen LogP contribution is 2.31. The summed E-state index contributed by atoms with van der Waals surface area (Å²) in [4.78, 5) is 13.8. The molecule has 0 bridgehead atoms. The van der Waals surface area contributed by atoms with E-state index in [4.69, 9.17) is 21.1 Å². The second-order valence-corrected chi connectivity index (χ2v) is 7.98. The quantitative estimate of drug-likeness (QED) is 0.486. The van der Waals surface area contributed by atoms with Gasteiger partial charge < -0.3 is 14.8 Å². The van der Waals surface area contributed by atoms with Crippen LogP contribution in [0.5, 0.6) is 11.5 Å². The molecule has 0 heterocycles. The predicted molar refractivity (Wildman–Crippen MR) is 117 cm³/mol. The molecule has 0 unspecified atom stereocenters. The summed E-state index contributed by atoms with van der Waals surface area (Å²) in [6.45, 7) is 9.00. The fraction of sp³-hybridized carbons (Fsp3) is 0.409. The van der Waals surface area contributed by atoms with Crippen LogP contribution in [0, 0.1) is 0 Å². The van der Waals surface area contributed by atoms with Crippen LogP contribution >= 0.6 is 23.4 Å². The van der Waals surface area contributed by atoms with Gasteiger partial charge in [-0.25, -0.2) is 0 Å². The Morgan fingerprint density at radius 1 is 1.04 bits per heavy atom. The Labute approximate surface area is 177 Å². The van der Waals surface area contributed by atoms with Gasteiger partial charge in [-0.3, -0.25) is 4.79 Å². The summed E-state index contributed by atoms with van der Waals surface area (Å²) in [5.74, 6) is 1.43. The minimum absolute atomic E-state index is 0.0156. The molecule has 2 rings (SSSR count). The van der Waals surface area contributed by atoms with E-state index in [0.29, 0.717) is 24.0 Å². The first-order chi connectivity index (χ1) is 13.5. The second kappa shape index (κ2) is 11.2. The highest BCUT2D eigenvalue weighted by atomic mass is 35.5. The molecule has 6 heteroatoms. The molecule has 0 aliphatic carbocycles. The number of hydrogen-bond donors (Lipinski definition) is 1. The molecule has 0 aromatic heterocycles. The smallest absolute Gasteiger partial charge is 0.233 e. The molecule has 0 saturated heterocycles. The van der Waals surface area contributed by atoms with Crippen molar-refractivity contribution in [3.8, 4) is 11.5 Å². The van der Waals surface area contributed by atoms with Gasteiger partial charge in [0, 0.05) is 9.92 Å². The van der Waals surface area contributed by atoms with E-state index in [1.165, 1.54) is 0 Å². The predicted octanol–water partition coefficient (Wildman–Crippen LogP) is 5.89. The molecule has 0 saturated carbocycles. The lowest BCUT2D eigenvalue weighted by atomic mass is 10.1. The van der Waals surface area contributed by atoms with E-state index in [9.17, 15) is 4.79 Å². The number of halogens is 1. The van der Waals surface area contributed by atoms with Gasteiger partial charge in [0.15, 0.2) is 11.5 Å². The number of amides is 1. The fourth-order valence-corrected chi connectivity index (χ4v) is 3.82. The first kappa shape index (κ1) is 22.4. The van der Waals surface area contributed by atoms with Crippen LogP contribution in [-0.2, 0) is 4.79 Å². The van der Waals surface area contributed by atoms with E-state index in [0.717, 1.165) is 22.6 Å². The molecular weight excluding hydrogens is 394 g/mol. The summed E-state index contributed by atoms with van der Waals surface area (Å²) in [5, 5.41) is 3.64. The van der Waals surface area contributed by atoms with Crippen LogP contribution in [0.3, 0.4) is 0 Å². The Kier molecular flexibility index (Phi) is 9.00. The number of hydrogen-bond acceptors (Lipinski definition) is 4. The molecule has 0 radical (unpaired) electrons. The molecule has 1 amide bonds. The second-order valence-electron chi connectivity index (χ2n) is 6.27. The molecular formula is C22H28ClNO3S. The SMILES string of the molecule is CCOc1ccc([C@H](C)NC(=O)[C@@H](CC)Sc2ccc(Cl)cc2)cc1OCC. The van der Waals surface area contributed by atoms with Gasteiger partial charge in [-0.15, -0.1) is 11.8 Å². The van der Waals surface area contributed by atoms with Crippen LogP contribution in [-0.4, -0.2) is 24.4 Å². The lowest BCUT2D eigenvalue weighted by Crippen LogP contribution is -2.34. The van der Waals surface area contributed by atoms with Crippen molar-refractivity contribution >= 4 is 29.3 Å². The summed E-state index contributed by atoms with van der Waals surface area (Å²) in [5.41, 5.74) is 0.978. The van der Waals surface area contributed by atoms with Crippen LogP contribution in [0.2, 0.25) is 5.02 Å². The fourth-order valence-electron chi connectivity index (χ4n) is 2.73. The number of benzene rings is 2. The maximum absolute atomic E-state index is 12.8. The molecule has 0 aliphatic rings. The zero-order chi connectivity index (χ0) is 20.5. The van der Waals surface area contributed by atoms with Crippen molar-refractivity contribution in [2.45, 2.75) is 50.3 Å². The molecule has 2 atom stereocenters. The zero-order valence-electron chi connectivity index (χ0n) is 16.8. The van der Waals surface area contributed by atoms with Crippen molar-refractivity contribution in [1.82, 2.24) is 5.32 Å². The summed E-state index contributed by atoms with van der Waals surface area (Å²) < 4.78 is 11.3. The molecule has 1 N–H and O–H groups in total. The highest BCUT2D eigenvalue weighted by molar-refractivity contribution is 8.00. The number of thioether (sulfide) groups is 1. The third-order valence-electron chi connectivity index (χ3n) is 4.18. The van der Waals surface area contributed by atoms with Crippen molar-refractivity contribution in [3.05, 3.63) is 53.1 Å². The van der Waals surface area contributed by atoms with Gasteiger partial charge in [0.1, 0.15) is 0 Å². The minimum Gasteiger partial charge on any atom is -0.490 e. The standard InChI is InChI=1S/C22H28ClNO3S/c1-5-21(28-18-11-9-17(23)10-12-18)22(25)24-15(4)16-8-13-19(26-6-2)20(14-16)27-7-3/h8-15,21H,5-7H2,1-4H3,(H,24,25)/t15-,21+/m0/s1. The number of carbonyl (C=O) groups is 1. The van der Waals surface area contributed by atoms with Gasteiger partial charge >= 0.3 is 0 Å². The Hall–Kier alpha value is -1.85. The molecule has 2 aromatic carbocycles. The van der Waals surface area contributed by atoms with E-state index in [1.54, 1.807) is 11.8 Å². The maximum atomic E-state index is 12.8. The Balaban J connectivity index is 2.06. The number of ether oxygens (including phenoxy) is 2. The molecule has 0 fully saturated rings. The molecule has 0 spiro atoms. The topological polar surface area (TPSA) is 47.6 Å². The van der Waals surface area contributed by atoms with E-state index in [2.05, 4.69) is 5.32 Å². The van der Waals surface area contributed by atoms with Crippen molar-refractivity contribution in [3.63, 3.8) is 0 Å². The van der Waals surface area contributed by atoms with Crippen molar-refractivity contribution in [2.75, 3.05) is 13.2 Å². The number of nitrogens with one attached hydrogen (secondary N) is 1. The minimum atomic E-state index is -0.169. The lowest BCUT2D eigenvalue weighted by molar-refractivity contribution is -0.121.